The Morgan fingerprint density at radius 3 is 3.00 bits per heavy atom. The maximum Gasteiger partial charge on any atom is 0.287 e. The Hall–Kier alpha value is -2.88. The summed E-state index contributed by atoms with van der Waals surface area (Å²) in [6.45, 7) is 0.621. The van der Waals surface area contributed by atoms with Crippen LogP contribution in [-0.2, 0) is 6.42 Å². The van der Waals surface area contributed by atoms with Crippen molar-refractivity contribution in [1.29, 1.82) is 5.26 Å². The van der Waals surface area contributed by atoms with Gasteiger partial charge < -0.3 is 10.3 Å². The van der Waals surface area contributed by atoms with Crippen molar-refractivity contribution in [2.75, 3.05) is 11.9 Å². The predicted molar refractivity (Wildman–Crippen MR) is 68.6 cm³/mol. The van der Waals surface area contributed by atoms with Crippen LogP contribution >= 0.6 is 0 Å². The second kappa shape index (κ2) is 5.64. The van der Waals surface area contributed by atoms with Crippen LogP contribution in [0.5, 0.6) is 0 Å². The van der Waals surface area contributed by atoms with Crippen molar-refractivity contribution in [3.63, 3.8) is 0 Å². The van der Waals surface area contributed by atoms with E-state index in [1.54, 1.807) is 18.5 Å². The van der Waals surface area contributed by atoms with E-state index in [2.05, 4.69) is 15.3 Å². The third kappa shape index (κ3) is 3.07. The highest BCUT2D eigenvalue weighted by molar-refractivity contribution is 5.58. The molecule has 0 radical (unpaired) electrons. The molecule has 19 heavy (non-hydrogen) atoms. The molecule has 1 heterocycles. The zero-order chi connectivity index (χ0) is 13.7. The molecular formula is C12H11N5O2. The van der Waals surface area contributed by atoms with Gasteiger partial charge >= 0.3 is 0 Å². The van der Waals surface area contributed by atoms with E-state index in [4.69, 9.17) is 5.26 Å². The van der Waals surface area contributed by atoms with E-state index >= 15 is 0 Å². The number of hydrogen-bond acceptors (Lipinski definition) is 5. The van der Waals surface area contributed by atoms with Crippen LogP contribution in [0.3, 0.4) is 0 Å². The lowest BCUT2D eigenvalue weighted by Crippen LogP contribution is -2.06. The van der Waals surface area contributed by atoms with E-state index in [9.17, 15) is 10.1 Å². The van der Waals surface area contributed by atoms with E-state index < -0.39 is 4.92 Å². The number of nitrogens with one attached hydrogen (secondary N) is 2. The third-order valence-electron chi connectivity index (χ3n) is 2.56. The minimum absolute atomic E-state index is 0.0491. The van der Waals surface area contributed by atoms with Crippen molar-refractivity contribution in [2.24, 2.45) is 0 Å². The number of benzene rings is 1. The number of nitro benzene ring substituents is 1. The summed E-state index contributed by atoms with van der Waals surface area (Å²) in [5, 5.41) is 22.6. The Balaban J connectivity index is 2.01. The quantitative estimate of drug-likeness (QED) is 0.627. The molecule has 0 bridgehead atoms. The van der Waals surface area contributed by atoms with Gasteiger partial charge in [-0.25, -0.2) is 4.98 Å². The van der Waals surface area contributed by atoms with E-state index in [0.717, 1.165) is 5.82 Å². The number of aromatic amines is 1. The molecule has 7 heteroatoms. The van der Waals surface area contributed by atoms with Crippen molar-refractivity contribution in [3.05, 3.63) is 52.1 Å². The largest absolute Gasteiger partial charge is 0.385 e. The topological polar surface area (TPSA) is 108 Å². The normalized spacial score (nSPS) is 9.84. The molecule has 0 saturated carbocycles. The van der Waals surface area contributed by atoms with Crippen molar-refractivity contribution in [2.45, 2.75) is 6.42 Å². The van der Waals surface area contributed by atoms with Crippen LogP contribution in [0.2, 0.25) is 0 Å². The summed E-state index contributed by atoms with van der Waals surface area (Å²) in [5.74, 6) is 0.856. The highest BCUT2D eigenvalue weighted by atomic mass is 16.6. The van der Waals surface area contributed by atoms with Crippen LogP contribution in [0.25, 0.3) is 0 Å². The summed E-state index contributed by atoms with van der Waals surface area (Å²) in [6, 6.07) is 6.21. The predicted octanol–water partition coefficient (Wildman–Crippen LogP) is 1.84. The molecule has 2 aromatic rings. The van der Waals surface area contributed by atoms with Gasteiger partial charge in [0.15, 0.2) is 0 Å². The van der Waals surface area contributed by atoms with Gasteiger partial charge in [-0.3, -0.25) is 10.1 Å². The van der Waals surface area contributed by atoms with E-state index in [1.807, 2.05) is 6.07 Å². The van der Waals surface area contributed by atoms with Crippen molar-refractivity contribution < 1.29 is 4.92 Å². The van der Waals surface area contributed by atoms with Crippen LogP contribution in [0.15, 0.2) is 30.6 Å². The highest BCUT2D eigenvalue weighted by Gasteiger charge is 2.13. The molecule has 0 unspecified atom stereocenters. The number of nitro groups is 1. The number of rotatable bonds is 5. The first-order valence-corrected chi connectivity index (χ1v) is 5.61. The summed E-state index contributed by atoms with van der Waals surface area (Å²) in [4.78, 5) is 17.2. The maximum atomic E-state index is 10.7. The molecule has 0 aliphatic heterocycles. The number of hydrogen-bond donors (Lipinski definition) is 2. The van der Waals surface area contributed by atoms with Crippen LogP contribution < -0.4 is 5.32 Å². The van der Waals surface area contributed by atoms with Gasteiger partial charge in [0.1, 0.15) is 17.5 Å². The molecule has 0 aliphatic carbocycles. The first-order valence-electron chi connectivity index (χ1n) is 5.61. The van der Waals surface area contributed by atoms with Crippen LogP contribution in [0.4, 0.5) is 11.4 Å². The Morgan fingerprint density at radius 1 is 1.53 bits per heavy atom. The van der Waals surface area contributed by atoms with Crippen LogP contribution in [-0.4, -0.2) is 21.4 Å². The summed E-state index contributed by atoms with van der Waals surface area (Å²) in [6.07, 6.45) is 4.12. The minimum atomic E-state index is -0.564. The lowest BCUT2D eigenvalue weighted by Gasteiger charge is -2.05. The zero-order valence-corrected chi connectivity index (χ0v) is 9.96. The summed E-state index contributed by atoms with van der Waals surface area (Å²) in [7, 11) is 0. The van der Waals surface area contributed by atoms with Crippen molar-refractivity contribution in [3.8, 4) is 6.07 Å². The highest BCUT2D eigenvalue weighted by Crippen LogP contribution is 2.21. The molecule has 0 atom stereocenters. The van der Waals surface area contributed by atoms with Gasteiger partial charge in [-0.1, -0.05) is 0 Å². The van der Waals surface area contributed by atoms with Crippen molar-refractivity contribution in [1.82, 2.24) is 9.97 Å². The maximum absolute atomic E-state index is 10.7. The molecule has 0 spiro atoms. The van der Waals surface area contributed by atoms with Gasteiger partial charge in [0, 0.05) is 37.1 Å². The van der Waals surface area contributed by atoms with Crippen LogP contribution in [0, 0.1) is 21.4 Å². The first kappa shape index (κ1) is 12.6. The zero-order valence-electron chi connectivity index (χ0n) is 9.96. The second-order valence-electron chi connectivity index (χ2n) is 3.81. The molecular weight excluding hydrogens is 246 g/mol. The number of aromatic nitrogens is 2. The fourth-order valence-electron chi connectivity index (χ4n) is 1.65. The molecule has 96 valence electrons. The van der Waals surface area contributed by atoms with Gasteiger partial charge in [-0.05, 0) is 12.1 Å². The number of anilines is 1. The van der Waals surface area contributed by atoms with Gasteiger partial charge in [-0.2, -0.15) is 5.26 Å². The first-order chi connectivity index (χ1) is 9.20. The molecule has 0 aliphatic rings. The number of nitriles is 1. The van der Waals surface area contributed by atoms with Gasteiger partial charge in [0.25, 0.3) is 5.69 Å². The molecule has 0 saturated heterocycles. The molecule has 0 amide bonds. The van der Waals surface area contributed by atoms with Crippen LogP contribution in [0.1, 0.15) is 11.4 Å². The van der Waals surface area contributed by atoms with E-state index in [1.165, 1.54) is 12.1 Å². The summed E-state index contributed by atoms with van der Waals surface area (Å²) >= 11 is 0. The number of imidazole rings is 1. The second-order valence-corrected chi connectivity index (χ2v) is 3.81. The Kier molecular flexibility index (Phi) is 3.73. The Bertz CT molecular complexity index is 616. The molecule has 1 aromatic carbocycles. The molecule has 7 nitrogen and oxygen atoms in total. The Labute approximate surface area is 109 Å². The van der Waals surface area contributed by atoms with E-state index in [-0.39, 0.29) is 11.3 Å². The molecule has 2 N–H and O–H groups in total. The molecule has 0 fully saturated rings. The lowest BCUT2D eigenvalue weighted by atomic mass is 10.1. The van der Waals surface area contributed by atoms with Gasteiger partial charge in [0.2, 0.25) is 0 Å². The molecule has 2 rings (SSSR count). The molecule has 1 aromatic heterocycles. The summed E-state index contributed by atoms with van der Waals surface area (Å²) < 4.78 is 0. The Morgan fingerprint density at radius 2 is 2.37 bits per heavy atom. The average Bonchev–Trinajstić information content (AvgIpc) is 2.91. The lowest BCUT2D eigenvalue weighted by molar-refractivity contribution is -0.385. The fourth-order valence-corrected chi connectivity index (χ4v) is 1.65. The average molecular weight is 257 g/mol. The summed E-state index contributed by atoms with van der Waals surface area (Å²) in [5.41, 5.74) is 0.542. The SMILES string of the molecule is N#Cc1cc(NCCc2ncc[nH]2)ccc1[N+](=O)[O-]. The van der Waals surface area contributed by atoms with Gasteiger partial charge in [-0.15, -0.1) is 0 Å². The monoisotopic (exact) mass is 257 g/mol. The smallest absolute Gasteiger partial charge is 0.287 e. The standard InChI is InChI=1S/C12H11N5O2/c13-8-9-7-10(1-2-11(9)17(18)19)14-4-3-12-15-5-6-16-12/h1-2,5-7,14H,3-4H2,(H,15,16). The number of H-pyrrole nitrogens is 1. The number of nitrogens with zero attached hydrogens (tertiary/aromatic N) is 3. The minimum Gasteiger partial charge on any atom is -0.385 e. The van der Waals surface area contributed by atoms with E-state index in [0.29, 0.717) is 18.7 Å². The van der Waals surface area contributed by atoms with Gasteiger partial charge in [0.05, 0.1) is 4.92 Å². The fraction of sp³-hybridized carbons (Fsp3) is 0.167. The third-order valence-corrected chi connectivity index (χ3v) is 2.56. The van der Waals surface area contributed by atoms with Crippen molar-refractivity contribution >= 4 is 11.4 Å².